The number of ether oxygens (including phenoxy) is 1. The number of aryl methyl sites for hydroxylation is 3. The Labute approximate surface area is 155 Å². The molecule has 0 saturated carbocycles. The Bertz CT molecular complexity index is 1130. The maximum atomic E-state index is 12.5. The number of nitrogen functional groups attached to an aromatic ring is 1. The van der Waals surface area contributed by atoms with E-state index in [0.29, 0.717) is 5.75 Å². The number of imidazole rings is 1. The molecule has 0 radical (unpaired) electrons. The van der Waals surface area contributed by atoms with Crippen LogP contribution >= 0.6 is 0 Å². The average Bonchev–Trinajstić information content (AvgIpc) is 2.95. The van der Waals surface area contributed by atoms with Gasteiger partial charge < -0.3 is 20.1 Å². The summed E-state index contributed by atoms with van der Waals surface area (Å²) in [4.78, 5) is 28.6. The molecule has 3 aromatic rings. The average molecular weight is 373 g/mol. The molecule has 0 saturated heterocycles. The molecule has 3 N–H and O–H groups in total. The van der Waals surface area contributed by atoms with E-state index in [2.05, 4.69) is 4.98 Å². The second-order valence-electron chi connectivity index (χ2n) is 6.67. The van der Waals surface area contributed by atoms with Gasteiger partial charge in [-0.3, -0.25) is 13.9 Å². The van der Waals surface area contributed by atoms with Crippen LogP contribution in [0.4, 0.5) is 5.95 Å². The largest absolute Gasteiger partial charge is 0.491 e. The zero-order chi connectivity index (χ0) is 19.9. The van der Waals surface area contributed by atoms with Gasteiger partial charge in [-0.15, -0.1) is 0 Å². The van der Waals surface area contributed by atoms with Gasteiger partial charge in [-0.2, -0.15) is 4.98 Å². The molecule has 0 bridgehead atoms. The van der Waals surface area contributed by atoms with Crippen LogP contribution in [0, 0.1) is 13.8 Å². The maximum absolute atomic E-state index is 12.5. The lowest BCUT2D eigenvalue weighted by Gasteiger charge is -2.15. The molecule has 9 heteroatoms. The topological polar surface area (TPSA) is 117 Å². The van der Waals surface area contributed by atoms with E-state index in [1.165, 1.54) is 23.2 Å². The Morgan fingerprint density at radius 3 is 2.56 bits per heavy atom. The molecule has 144 valence electrons. The summed E-state index contributed by atoms with van der Waals surface area (Å²) in [5.41, 5.74) is 7.52. The number of benzene rings is 1. The van der Waals surface area contributed by atoms with Crippen molar-refractivity contribution in [1.82, 2.24) is 18.7 Å². The van der Waals surface area contributed by atoms with Crippen molar-refractivity contribution in [3.63, 3.8) is 0 Å². The molecule has 0 amide bonds. The normalized spacial score (nSPS) is 12.5. The van der Waals surface area contributed by atoms with E-state index in [1.807, 2.05) is 32.0 Å². The summed E-state index contributed by atoms with van der Waals surface area (Å²) in [5.74, 6) is 0.701. The molecular weight excluding hydrogens is 350 g/mol. The summed E-state index contributed by atoms with van der Waals surface area (Å²) >= 11 is 0. The van der Waals surface area contributed by atoms with Gasteiger partial charge in [0.05, 0.1) is 6.54 Å². The lowest BCUT2D eigenvalue weighted by Crippen LogP contribution is -2.38. The van der Waals surface area contributed by atoms with Gasteiger partial charge in [-0.05, 0) is 37.1 Å². The fourth-order valence-electron chi connectivity index (χ4n) is 2.91. The van der Waals surface area contributed by atoms with Crippen molar-refractivity contribution >= 4 is 17.1 Å². The standard InChI is InChI=1S/C18H23N5O4/c1-10-5-6-13(7-11(10)2)27-9-12(24)8-23-14-15(20-17(23)19)21(3)18(26)22(4)16(14)25/h5-7,12,24H,8-9H2,1-4H3,(H2,19,20)/t12-/m1/s1. The van der Waals surface area contributed by atoms with Crippen molar-refractivity contribution < 1.29 is 9.84 Å². The zero-order valence-electron chi connectivity index (χ0n) is 15.8. The van der Waals surface area contributed by atoms with Gasteiger partial charge >= 0.3 is 5.69 Å². The van der Waals surface area contributed by atoms with Crippen LogP contribution < -0.4 is 21.7 Å². The van der Waals surface area contributed by atoms with Gasteiger partial charge in [0.25, 0.3) is 5.56 Å². The third-order valence-electron chi connectivity index (χ3n) is 4.69. The number of rotatable bonds is 5. The molecular formula is C18H23N5O4. The molecule has 2 aromatic heterocycles. The summed E-state index contributed by atoms with van der Waals surface area (Å²) in [6.45, 7) is 4.03. The van der Waals surface area contributed by atoms with Crippen LogP contribution in [0.2, 0.25) is 0 Å². The van der Waals surface area contributed by atoms with Gasteiger partial charge in [0.2, 0.25) is 5.95 Å². The first-order chi connectivity index (χ1) is 12.7. The predicted octanol–water partition coefficient (Wildman–Crippen LogP) is 0.0726. The molecule has 0 aliphatic heterocycles. The molecule has 3 rings (SSSR count). The van der Waals surface area contributed by atoms with Gasteiger partial charge in [0, 0.05) is 14.1 Å². The minimum Gasteiger partial charge on any atom is -0.491 e. The van der Waals surface area contributed by atoms with Crippen LogP contribution in [0.1, 0.15) is 11.1 Å². The van der Waals surface area contributed by atoms with E-state index in [0.717, 1.165) is 15.7 Å². The maximum Gasteiger partial charge on any atom is 0.332 e. The van der Waals surface area contributed by atoms with Gasteiger partial charge in [-0.25, -0.2) is 4.79 Å². The molecule has 2 heterocycles. The van der Waals surface area contributed by atoms with Gasteiger partial charge in [0.1, 0.15) is 18.5 Å². The van der Waals surface area contributed by atoms with E-state index in [4.69, 9.17) is 10.5 Å². The number of anilines is 1. The molecule has 0 aliphatic carbocycles. The van der Waals surface area contributed by atoms with Crippen molar-refractivity contribution in [1.29, 1.82) is 0 Å². The van der Waals surface area contributed by atoms with E-state index in [9.17, 15) is 14.7 Å². The number of aliphatic hydroxyl groups is 1. The quantitative estimate of drug-likeness (QED) is 0.654. The summed E-state index contributed by atoms with van der Waals surface area (Å²) in [5, 5.41) is 10.4. The van der Waals surface area contributed by atoms with Crippen LogP contribution in [0.25, 0.3) is 11.2 Å². The lowest BCUT2D eigenvalue weighted by molar-refractivity contribution is 0.0938. The summed E-state index contributed by atoms with van der Waals surface area (Å²) < 4.78 is 9.28. The number of nitrogens with two attached hydrogens (primary N) is 1. The molecule has 0 aliphatic rings. The van der Waals surface area contributed by atoms with Gasteiger partial charge in [0.15, 0.2) is 11.2 Å². The molecule has 0 spiro atoms. The minimum atomic E-state index is -0.923. The van der Waals surface area contributed by atoms with E-state index < -0.39 is 17.4 Å². The molecule has 0 fully saturated rings. The zero-order valence-corrected chi connectivity index (χ0v) is 15.8. The number of aromatic nitrogens is 4. The fraction of sp³-hybridized carbons (Fsp3) is 0.389. The third-order valence-corrected chi connectivity index (χ3v) is 4.69. The first kappa shape index (κ1) is 18.7. The highest BCUT2D eigenvalue weighted by atomic mass is 16.5. The molecule has 1 aromatic carbocycles. The second kappa shape index (κ2) is 6.92. The smallest absolute Gasteiger partial charge is 0.332 e. The Hall–Kier alpha value is -3.07. The highest BCUT2D eigenvalue weighted by Crippen LogP contribution is 2.17. The number of aliphatic hydroxyl groups excluding tert-OH is 1. The van der Waals surface area contributed by atoms with E-state index in [-0.39, 0.29) is 30.3 Å². The van der Waals surface area contributed by atoms with E-state index in [1.54, 1.807) is 0 Å². The summed E-state index contributed by atoms with van der Waals surface area (Å²) in [6.07, 6.45) is -0.923. The Morgan fingerprint density at radius 2 is 1.89 bits per heavy atom. The Kier molecular flexibility index (Phi) is 4.79. The number of hydrogen-bond acceptors (Lipinski definition) is 6. The second-order valence-corrected chi connectivity index (χ2v) is 6.67. The van der Waals surface area contributed by atoms with Gasteiger partial charge in [-0.1, -0.05) is 6.07 Å². The van der Waals surface area contributed by atoms with Crippen molar-refractivity contribution in [3.05, 3.63) is 50.2 Å². The third kappa shape index (κ3) is 3.33. The lowest BCUT2D eigenvalue weighted by atomic mass is 10.1. The van der Waals surface area contributed by atoms with Crippen molar-refractivity contribution in [2.24, 2.45) is 14.1 Å². The SMILES string of the molecule is Cc1ccc(OC[C@H](O)Cn2c(N)nc3c2c(=O)n(C)c(=O)n3C)cc1C. The van der Waals surface area contributed by atoms with E-state index >= 15 is 0 Å². The monoisotopic (exact) mass is 373 g/mol. The molecule has 1 atom stereocenters. The van der Waals surface area contributed by atoms with Crippen LogP contribution in [0.15, 0.2) is 27.8 Å². The highest BCUT2D eigenvalue weighted by Gasteiger charge is 2.19. The van der Waals surface area contributed by atoms with Crippen molar-refractivity contribution in [2.75, 3.05) is 12.3 Å². The van der Waals surface area contributed by atoms with Crippen LogP contribution in [-0.4, -0.2) is 36.5 Å². The fourth-order valence-corrected chi connectivity index (χ4v) is 2.91. The highest BCUT2D eigenvalue weighted by molar-refractivity contribution is 5.73. The molecule has 27 heavy (non-hydrogen) atoms. The number of nitrogens with zero attached hydrogens (tertiary/aromatic N) is 4. The summed E-state index contributed by atoms with van der Waals surface area (Å²) in [6, 6.07) is 5.68. The first-order valence-electron chi connectivity index (χ1n) is 8.50. The minimum absolute atomic E-state index is 0.0145. The predicted molar refractivity (Wildman–Crippen MR) is 102 cm³/mol. The molecule has 0 unspecified atom stereocenters. The Morgan fingerprint density at radius 1 is 1.19 bits per heavy atom. The van der Waals surface area contributed by atoms with Crippen molar-refractivity contribution in [3.8, 4) is 5.75 Å². The molecule has 9 nitrogen and oxygen atoms in total. The van der Waals surface area contributed by atoms with Crippen LogP contribution in [0.3, 0.4) is 0 Å². The van der Waals surface area contributed by atoms with Crippen molar-refractivity contribution in [2.45, 2.75) is 26.5 Å². The van der Waals surface area contributed by atoms with Crippen LogP contribution in [-0.2, 0) is 20.6 Å². The summed E-state index contributed by atoms with van der Waals surface area (Å²) in [7, 11) is 2.90. The number of fused-ring (bicyclic) bond motifs is 1. The van der Waals surface area contributed by atoms with Crippen LogP contribution in [0.5, 0.6) is 5.75 Å². The number of hydrogen-bond donors (Lipinski definition) is 2. The Balaban J connectivity index is 1.86. The first-order valence-corrected chi connectivity index (χ1v) is 8.50.